The fourth-order valence-electron chi connectivity index (χ4n) is 1.59. The molecule has 0 saturated carbocycles. The standard InChI is InChI=1S/C17H23FN2O3/c1-14(15(2)21)20-23-12-6-4-3-5-11-22-19-13-16-7-9-17(18)10-8-16/h7-10,13H,3-6,11-12H2,1-2H3. The van der Waals surface area contributed by atoms with E-state index in [9.17, 15) is 9.18 Å². The number of benzene rings is 1. The lowest BCUT2D eigenvalue weighted by Crippen LogP contribution is -2.05. The van der Waals surface area contributed by atoms with E-state index in [-0.39, 0.29) is 11.6 Å². The highest BCUT2D eigenvalue weighted by molar-refractivity contribution is 6.37. The number of ketones is 1. The van der Waals surface area contributed by atoms with Gasteiger partial charge in [0.15, 0.2) is 5.78 Å². The maximum Gasteiger partial charge on any atom is 0.177 e. The predicted octanol–water partition coefficient (Wildman–Crippen LogP) is 3.72. The minimum atomic E-state index is -0.269. The van der Waals surface area contributed by atoms with Crippen LogP contribution in [-0.2, 0) is 14.5 Å². The molecule has 0 radical (unpaired) electrons. The zero-order valence-corrected chi connectivity index (χ0v) is 13.6. The van der Waals surface area contributed by atoms with Crippen molar-refractivity contribution < 1.29 is 18.9 Å². The van der Waals surface area contributed by atoms with Crippen LogP contribution in [0.25, 0.3) is 0 Å². The van der Waals surface area contributed by atoms with Gasteiger partial charge in [0.2, 0.25) is 0 Å². The van der Waals surface area contributed by atoms with Crippen LogP contribution in [0.1, 0.15) is 45.1 Å². The van der Waals surface area contributed by atoms with E-state index in [4.69, 9.17) is 9.68 Å². The molecule has 5 nitrogen and oxygen atoms in total. The van der Waals surface area contributed by atoms with E-state index >= 15 is 0 Å². The molecule has 23 heavy (non-hydrogen) atoms. The number of Topliss-reactive ketones (excluding diaryl/α,β-unsaturated/α-hetero) is 1. The summed E-state index contributed by atoms with van der Waals surface area (Å²) in [5.74, 6) is -0.350. The molecule has 0 aliphatic rings. The van der Waals surface area contributed by atoms with Gasteiger partial charge in [0.25, 0.3) is 0 Å². The maximum absolute atomic E-state index is 12.7. The van der Waals surface area contributed by atoms with Gasteiger partial charge < -0.3 is 9.68 Å². The summed E-state index contributed by atoms with van der Waals surface area (Å²) in [4.78, 5) is 21.1. The van der Waals surface area contributed by atoms with E-state index in [1.165, 1.54) is 19.1 Å². The van der Waals surface area contributed by atoms with Gasteiger partial charge in [0, 0.05) is 6.92 Å². The molecule has 1 rings (SSSR count). The molecule has 6 heteroatoms. The third-order valence-corrected chi connectivity index (χ3v) is 3.08. The van der Waals surface area contributed by atoms with Gasteiger partial charge in [0.05, 0.1) is 6.21 Å². The molecule has 0 aliphatic heterocycles. The largest absolute Gasteiger partial charge is 0.396 e. The average molecular weight is 322 g/mol. The lowest BCUT2D eigenvalue weighted by molar-refractivity contribution is -0.111. The summed E-state index contributed by atoms with van der Waals surface area (Å²) in [6, 6.07) is 6.04. The van der Waals surface area contributed by atoms with Gasteiger partial charge in [-0.1, -0.05) is 22.4 Å². The maximum atomic E-state index is 12.7. The number of oxime groups is 2. The molecular weight excluding hydrogens is 299 g/mol. The summed E-state index contributed by atoms with van der Waals surface area (Å²) < 4.78 is 12.7. The Balaban J connectivity index is 1.96. The lowest BCUT2D eigenvalue weighted by atomic mass is 10.2. The SMILES string of the molecule is CC(=O)C(C)=NOCCCCCCON=Cc1ccc(F)cc1. The Morgan fingerprint density at radius 1 is 1.04 bits per heavy atom. The van der Waals surface area contributed by atoms with Crippen LogP contribution in [0.5, 0.6) is 0 Å². The van der Waals surface area contributed by atoms with Crippen LogP contribution in [-0.4, -0.2) is 30.9 Å². The summed E-state index contributed by atoms with van der Waals surface area (Å²) >= 11 is 0. The molecule has 0 bridgehead atoms. The Labute approximate surface area is 136 Å². The molecule has 0 saturated heterocycles. The van der Waals surface area contributed by atoms with Gasteiger partial charge >= 0.3 is 0 Å². The zero-order chi connectivity index (χ0) is 16.9. The van der Waals surface area contributed by atoms with E-state index in [0.717, 1.165) is 31.2 Å². The molecular formula is C17H23FN2O3. The van der Waals surface area contributed by atoms with Crippen LogP contribution in [0.4, 0.5) is 4.39 Å². The van der Waals surface area contributed by atoms with Gasteiger partial charge in [0.1, 0.15) is 24.7 Å². The number of unbranched alkanes of at least 4 members (excludes halogenated alkanes) is 3. The molecule has 0 fully saturated rings. The van der Waals surface area contributed by atoms with Gasteiger partial charge in [-0.15, -0.1) is 0 Å². The van der Waals surface area contributed by atoms with Crippen molar-refractivity contribution in [1.82, 2.24) is 0 Å². The number of carbonyl (C=O) groups excluding carboxylic acids is 1. The lowest BCUT2D eigenvalue weighted by Gasteiger charge is -2.01. The highest BCUT2D eigenvalue weighted by Gasteiger charge is 1.97. The highest BCUT2D eigenvalue weighted by atomic mass is 19.1. The summed E-state index contributed by atoms with van der Waals surface area (Å²) in [7, 11) is 0. The van der Waals surface area contributed by atoms with Crippen molar-refractivity contribution in [2.24, 2.45) is 10.3 Å². The van der Waals surface area contributed by atoms with Crippen molar-refractivity contribution in [1.29, 1.82) is 0 Å². The van der Waals surface area contributed by atoms with Crippen LogP contribution in [0, 0.1) is 5.82 Å². The van der Waals surface area contributed by atoms with Crippen LogP contribution >= 0.6 is 0 Å². The Bertz CT molecular complexity index is 527. The van der Waals surface area contributed by atoms with Crippen molar-refractivity contribution in [2.45, 2.75) is 39.5 Å². The Morgan fingerprint density at radius 3 is 2.26 bits per heavy atom. The fraction of sp³-hybridized carbons (Fsp3) is 0.471. The van der Waals surface area contributed by atoms with Gasteiger partial charge in [-0.25, -0.2) is 4.39 Å². The summed E-state index contributed by atoms with van der Waals surface area (Å²) in [6.45, 7) is 4.14. The molecule has 0 aliphatic carbocycles. The molecule has 0 spiro atoms. The average Bonchev–Trinajstić information content (AvgIpc) is 2.54. The van der Waals surface area contributed by atoms with E-state index in [1.54, 1.807) is 25.3 Å². The number of nitrogens with zero attached hydrogens (tertiary/aromatic N) is 2. The third-order valence-electron chi connectivity index (χ3n) is 3.08. The zero-order valence-electron chi connectivity index (χ0n) is 13.6. The number of rotatable bonds is 11. The molecule has 126 valence electrons. The monoisotopic (exact) mass is 322 g/mol. The second-order valence-corrected chi connectivity index (χ2v) is 5.10. The van der Waals surface area contributed by atoms with Crippen LogP contribution < -0.4 is 0 Å². The fourth-order valence-corrected chi connectivity index (χ4v) is 1.59. The molecule has 0 aromatic heterocycles. The molecule has 1 aromatic carbocycles. The van der Waals surface area contributed by atoms with E-state index in [0.29, 0.717) is 18.9 Å². The summed E-state index contributed by atoms with van der Waals surface area (Å²) in [5, 5.41) is 7.55. The van der Waals surface area contributed by atoms with Crippen molar-refractivity contribution in [2.75, 3.05) is 13.2 Å². The van der Waals surface area contributed by atoms with Gasteiger partial charge in [-0.3, -0.25) is 4.79 Å². The van der Waals surface area contributed by atoms with Crippen LogP contribution in [0.15, 0.2) is 34.6 Å². The number of hydrogen-bond donors (Lipinski definition) is 0. The summed E-state index contributed by atoms with van der Waals surface area (Å²) in [5.41, 5.74) is 1.18. The Morgan fingerprint density at radius 2 is 1.65 bits per heavy atom. The van der Waals surface area contributed by atoms with Crippen molar-refractivity contribution in [3.63, 3.8) is 0 Å². The minimum Gasteiger partial charge on any atom is -0.396 e. The van der Waals surface area contributed by atoms with Crippen molar-refractivity contribution in [3.8, 4) is 0 Å². The Kier molecular flexibility index (Phi) is 9.28. The second-order valence-electron chi connectivity index (χ2n) is 5.10. The Hall–Kier alpha value is -2.24. The first kappa shape index (κ1) is 18.8. The first-order chi connectivity index (χ1) is 11.1. The number of halogens is 1. The van der Waals surface area contributed by atoms with Gasteiger partial charge in [-0.05, 0) is 50.3 Å². The second kappa shape index (κ2) is 11.3. The van der Waals surface area contributed by atoms with Gasteiger partial charge in [-0.2, -0.15) is 0 Å². The van der Waals surface area contributed by atoms with Crippen LogP contribution in [0.3, 0.4) is 0 Å². The molecule has 0 unspecified atom stereocenters. The minimum absolute atomic E-state index is 0.0802. The van der Waals surface area contributed by atoms with Crippen LogP contribution in [0.2, 0.25) is 0 Å². The first-order valence-corrected chi connectivity index (χ1v) is 7.68. The smallest absolute Gasteiger partial charge is 0.177 e. The molecule has 0 amide bonds. The number of hydrogen-bond acceptors (Lipinski definition) is 5. The topological polar surface area (TPSA) is 60.2 Å². The van der Waals surface area contributed by atoms with Crippen molar-refractivity contribution >= 4 is 17.7 Å². The van der Waals surface area contributed by atoms with Crippen molar-refractivity contribution in [3.05, 3.63) is 35.6 Å². The highest BCUT2D eigenvalue weighted by Crippen LogP contribution is 2.02. The normalized spacial score (nSPS) is 11.7. The van der Waals surface area contributed by atoms with E-state index in [1.807, 2.05) is 0 Å². The molecule has 0 atom stereocenters. The molecule has 0 heterocycles. The summed E-state index contributed by atoms with van der Waals surface area (Å²) in [6.07, 6.45) is 5.34. The quantitative estimate of drug-likeness (QED) is 0.354. The van der Waals surface area contributed by atoms with E-state index < -0.39 is 0 Å². The van der Waals surface area contributed by atoms with E-state index in [2.05, 4.69) is 10.3 Å². The third kappa shape index (κ3) is 9.39. The predicted molar refractivity (Wildman–Crippen MR) is 88.2 cm³/mol. The number of carbonyl (C=O) groups is 1. The first-order valence-electron chi connectivity index (χ1n) is 7.68. The molecule has 0 N–H and O–H groups in total. The molecule has 1 aromatic rings.